The number of nitrogens with zero attached hydrogens (tertiary/aromatic N) is 1. The molecule has 6 heteroatoms. The van der Waals surface area contributed by atoms with Gasteiger partial charge in [0.05, 0.1) is 12.8 Å². The Labute approximate surface area is 156 Å². The first-order chi connectivity index (χ1) is 12.7. The zero-order valence-corrected chi connectivity index (χ0v) is 15.6. The van der Waals surface area contributed by atoms with Crippen LogP contribution < -0.4 is 10.1 Å². The molecule has 3 rings (SSSR count). The van der Waals surface area contributed by atoms with Crippen molar-refractivity contribution < 1.29 is 13.5 Å². The minimum Gasteiger partial charge on any atom is -0.496 e. The lowest BCUT2D eigenvalue weighted by Crippen LogP contribution is -2.16. The van der Waals surface area contributed by atoms with E-state index in [9.17, 15) is 4.39 Å². The van der Waals surface area contributed by atoms with Gasteiger partial charge in [-0.1, -0.05) is 6.07 Å². The summed E-state index contributed by atoms with van der Waals surface area (Å²) in [6.45, 7) is 1.54. The van der Waals surface area contributed by atoms with Crippen molar-refractivity contribution in [2.75, 3.05) is 19.9 Å². The highest BCUT2D eigenvalue weighted by Gasteiger charge is 2.07. The van der Waals surface area contributed by atoms with Crippen LogP contribution >= 0.6 is 11.8 Å². The molecule has 0 atom stereocenters. The third-order valence-electron chi connectivity index (χ3n) is 3.98. The smallest absolute Gasteiger partial charge is 0.226 e. The summed E-state index contributed by atoms with van der Waals surface area (Å²) in [4.78, 5) is 5.58. The molecule has 136 valence electrons. The maximum atomic E-state index is 13.0. The van der Waals surface area contributed by atoms with Crippen LogP contribution in [0.4, 0.5) is 4.39 Å². The molecule has 0 aliphatic carbocycles. The fourth-order valence-electron chi connectivity index (χ4n) is 2.59. The van der Waals surface area contributed by atoms with Gasteiger partial charge in [-0.15, -0.1) is 11.8 Å². The summed E-state index contributed by atoms with van der Waals surface area (Å²) in [6.07, 6.45) is 4.44. The van der Waals surface area contributed by atoms with Crippen molar-refractivity contribution in [2.24, 2.45) is 0 Å². The van der Waals surface area contributed by atoms with E-state index < -0.39 is 0 Å². The summed E-state index contributed by atoms with van der Waals surface area (Å²) in [7, 11) is 1.69. The largest absolute Gasteiger partial charge is 0.496 e. The van der Waals surface area contributed by atoms with Crippen LogP contribution in [0.3, 0.4) is 0 Å². The average Bonchev–Trinajstić information content (AvgIpc) is 3.14. The SMILES string of the molecule is COc1cc(CNCCc2coc(-c3ccc(F)cc3)n2)ccc1SC. The molecule has 4 nitrogen and oxygen atoms in total. The van der Waals surface area contributed by atoms with Gasteiger partial charge in [0.25, 0.3) is 0 Å². The number of ether oxygens (including phenoxy) is 1. The predicted molar refractivity (Wildman–Crippen MR) is 102 cm³/mol. The molecular formula is C20H21FN2O2S. The van der Waals surface area contributed by atoms with Crippen LogP contribution in [0.2, 0.25) is 0 Å². The lowest BCUT2D eigenvalue weighted by atomic mass is 10.2. The monoisotopic (exact) mass is 372 g/mol. The van der Waals surface area contributed by atoms with E-state index in [1.165, 1.54) is 17.7 Å². The summed E-state index contributed by atoms with van der Waals surface area (Å²) in [5, 5.41) is 3.40. The van der Waals surface area contributed by atoms with Crippen LogP contribution in [0.25, 0.3) is 11.5 Å². The Bertz CT molecular complexity index is 849. The van der Waals surface area contributed by atoms with Gasteiger partial charge >= 0.3 is 0 Å². The molecule has 2 aromatic carbocycles. The van der Waals surface area contributed by atoms with Crippen LogP contribution in [-0.2, 0) is 13.0 Å². The van der Waals surface area contributed by atoms with Gasteiger partial charge in [-0.2, -0.15) is 0 Å². The van der Waals surface area contributed by atoms with E-state index in [-0.39, 0.29) is 5.82 Å². The van der Waals surface area contributed by atoms with E-state index in [1.54, 1.807) is 37.3 Å². The fourth-order valence-corrected chi connectivity index (χ4v) is 3.13. The topological polar surface area (TPSA) is 47.3 Å². The van der Waals surface area contributed by atoms with Gasteiger partial charge in [-0.3, -0.25) is 0 Å². The molecule has 0 aliphatic rings. The normalized spacial score (nSPS) is 10.9. The van der Waals surface area contributed by atoms with E-state index in [2.05, 4.69) is 28.5 Å². The van der Waals surface area contributed by atoms with Crippen molar-refractivity contribution in [3.8, 4) is 17.2 Å². The van der Waals surface area contributed by atoms with Gasteiger partial charge in [0.15, 0.2) is 0 Å². The third kappa shape index (κ3) is 4.65. The first-order valence-electron chi connectivity index (χ1n) is 8.31. The molecule has 0 spiro atoms. The van der Waals surface area contributed by atoms with Crippen LogP contribution in [0.5, 0.6) is 5.75 Å². The zero-order valence-electron chi connectivity index (χ0n) is 14.8. The first-order valence-corrected chi connectivity index (χ1v) is 9.54. The Morgan fingerprint density at radius 2 is 2.00 bits per heavy atom. The number of nitrogens with one attached hydrogen (secondary N) is 1. The molecule has 0 bridgehead atoms. The number of hydrogen-bond acceptors (Lipinski definition) is 5. The molecule has 0 radical (unpaired) electrons. The van der Waals surface area contributed by atoms with Crippen molar-refractivity contribution >= 4 is 11.8 Å². The second-order valence-electron chi connectivity index (χ2n) is 5.77. The van der Waals surface area contributed by atoms with Crippen molar-refractivity contribution in [1.29, 1.82) is 0 Å². The number of methoxy groups -OCH3 is 1. The Morgan fingerprint density at radius 3 is 2.73 bits per heavy atom. The number of benzene rings is 2. The fraction of sp³-hybridized carbons (Fsp3) is 0.250. The molecule has 26 heavy (non-hydrogen) atoms. The molecule has 1 heterocycles. The van der Waals surface area contributed by atoms with Gasteiger partial charge in [-0.25, -0.2) is 9.37 Å². The number of aromatic nitrogens is 1. The predicted octanol–water partition coefficient (Wildman–Crippen LogP) is 4.54. The Kier molecular flexibility index (Phi) is 6.30. The van der Waals surface area contributed by atoms with E-state index in [1.807, 2.05) is 6.26 Å². The maximum Gasteiger partial charge on any atom is 0.226 e. The van der Waals surface area contributed by atoms with Crippen molar-refractivity contribution in [1.82, 2.24) is 10.3 Å². The molecule has 0 aliphatic heterocycles. The zero-order chi connectivity index (χ0) is 18.4. The first kappa shape index (κ1) is 18.5. The lowest BCUT2D eigenvalue weighted by molar-refractivity contribution is 0.404. The molecule has 3 aromatic rings. The quantitative estimate of drug-likeness (QED) is 0.464. The molecule has 0 unspecified atom stereocenters. The molecule has 1 aromatic heterocycles. The third-order valence-corrected chi connectivity index (χ3v) is 4.76. The second-order valence-corrected chi connectivity index (χ2v) is 6.62. The van der Waals surface area contributed by atoms with Crippen molar-refractivity contribution in [2.45, 2.75) is 17.9 Å². The van der Waals surface area contributed by atoms with E-state index >= 15 is 0 Å². The standard InChI is InChI=1S/C20H21FN2O2S/c1-24-18-11-14(3-8-19(18)26-2)12-22-10-9-17-13-25-20(23-17)15-4-6-16(21)7-5-15/h3-8,11,13,22H,9-10,12H2,1-2H3. The summed E-state index contributed by atoms with van der Waals surface area (Å²) < 4.78 is 23.9. The number of oxazole rings is 1. The van der Waals surface area contributed by atoms with Gasteiger partial charge in [0.2, 0.25) is 5.89 Å². The van der Waals surface area contributed by atoms with Crippen molar-refractivity contribution in [3.63, 3.8) is 0 Å². The van der Waals surface area contributed by atoms with Crippen LogP contribution in [0, 0.1) is 5.82 Å². The van der Waals surface area contributed by atoms with Crippen LogP contribution in [0.15, 0.2) is 58.0 Å². The van der Waals surface area contributed by atoms with E-state index in [0.29, 0.717) is 5.89 Å². The highest BCUT2D eigenvalue weighted by Crippen LogP contribution is 2.28. The van der Waals surface area contributed by atoms with Crippen LogP contribution in [0.1, 0.15) is 11.3 Å². The van der Waals surface area contributed by atoms with E-state index in [0.717, 1.165) is 41.4 Å². The highest BCUT2D eigenvalue weighted by molar-refractivity contribution is 7.98. The summed E-state index contributed by atoms with van der Waals surface area (Å²) in [5.74, 6) is 1.14. The molecule has 0 fully saturated rings. The molecule has 0 amide bonds. The Morgan fingerprint density at radius 1 is 1.19 bits per heavy atom. The van der Waals surface area contributed by atoms with Gasteiger partial charge in [-0.05, 0) is 48.2 Å². The molecule has 0 saturated heterocycles. The minimum absolute atomic E-state index is 0.271. The van der Waals surface area contributed by atoms with Gasteiger partial charge in [0.1, 0.15) is 17.8 Å². The Hall–Kier alpha value is -2.31. The molecule has 1 N–H and O–H groups in total. The average molecular weight is 372 g/mol. The Balaban J connectivity index is 1.50. The molecular weight excluding hydrogens is 351 g/mol. The minimum atomic E-state index is -0.271. The number of hydrogen-bond donors (Lipinski definition) is 1. The van der Waals surface area contributed by atoms with Gasteiger partial charge < -0.3 is 14.5 Å². The molecule has 0 saturated carbocycles. The number of thioether (sulfide) groups is 1. The summed E-state index contributed by atoms with van der Waals surface area (Å²) in [6, 6.07) is 12.4. The number of halogens is 1. The highest BCUT2D eigenvalue weighted by atomic mass is 32.2. The summed E-state index contributed by atoms with van der Waals surface area (Å²) >= 11 is 1.67. The summed E-state index contributed by atoms with van der Waals surface area (Å²) in [5.41, 5.74) is 2.81. The van der Waals surface area contributed by atoms with Crippen molar-refractivity contribution in [3.05, 3.63) is 65.8 Å². The second kappa shape index (κ2) is 8.87. The maximum absolute atomic E-state index is 13.0. The van der Waals surface area contributed by atoms with Gasteiger partial charge in [0, 0.05) is 30.0 Å². The number of rotatable bonds is 8. The van der Waals surface area contributed by atoms with E-state index in [4.69, 9.17) is 9.15 Å². The van der Waals surface area contributed by atoms with Crippen LogP contribution in [-0.4, -0.2) is 24.9 Å². The lowest BCUT2D eigenvalue weighted by Gasteiger charge is -2.09.